The van der Waals surface area contributed by atoms with Gasteiger partial charge in [0.2, 0.25) is 6.29 Å². The molecule has 1 fully saturated rings. The van der Waals surface area contributed by atoms with Crippen molar-refractivity contribution in [3.05, 3.63) is 63.7 Å². The predicted molar refractivity (Wildman–Crippen MR) is 119 cm³/mol. The molecule has 11 heteroatoms. The number of aliphatic hydroxyl groups is 7. The van der Waals surface area contributed by atoms with E-state index in [0.29, 0.717) is 5.56 Å². The molecule has 1 aliphatic heterocycles. The van der Waals surface area contributed by atoms with Crippen LogP contribution in [0.1, 0.15) is 56.0 Å². The second kappa shape index (κ2) is 8.68. The number of hydrogen-bond donors (Lipinski definition) is 7. The average molecular weight is 502 g/mol. The van der Waals surface area contributed by atoms with Crippen LogP contribution < -0.4 is 4.74 Å². The second-order valence-corrected chi connectivity index (χ2v) is 9.53. The third-order valence-corrected chi connectivity index (χ3v) is 7.27. The first-order chi connectivity index (χ1) is 17.0. The molecule has 0 amide bonds. The maximum atomic E-state index is 13.6. The van der Waals surface area contributed by atoms with E-state index in [1.54, 1.807) is 0 Å². The minimum atomic E-state index is -2.02. The van der Waals surface area contributed by atoms with Crippen molar-refractivity contribution in [1.29, 1.82) is 0 Å². The third-order valence-electron chi connectivity index (χ3n) is 7.27. The fourth-order valence-corrected chi connectivity index (χ4v) is 5.18. The van der Waals surface area contributed by atoms with Gasteiger partial charge in [-0.25, -0.2) is 0 Å². The van der Waals surface area contributed by atoms with Gasteiger partial charge in [-0.1, -0.05) is 18.2 Å². The van der Waals surface area contributed by atoms with Crippen LogP contribution in [-0.4, -0.2) is 96.3 Å². The Kier molecular flexibility index (Phi) is 6.01. The van der Waals surface area contributed by atoms with Crippen molar-refractivity contribution < 1.29 is 54.8 Å². The largest absolute Gasteiger partial charge is 0.461 e. The fraction of sp³-hybridized carbons (Fsp3) is 0.440. The Balaban J connectivity index is 1.57. The van der Waals surface area contributed by atoms with Crippen LogP contribution >= 0.6 is 0 Å². The maximum Gasteiger partial charge on any atom is 0.229 e. The molecule has 0 spiro atoms. The van der Waals surface area contributed by atoms with E-state index in [4.69, 9.17) is 9.47 Å². The van der Waals surface area contributed by atoms with E-state index in [2.05, 4.69) is 0 Å². The number of benzene rings is 2. The summed E-state index contributed by atoms with van der Waals surface area (Å²) in [6, 6.07) is 7.03. The second-order valence-electron chi connectivity index (χ2n) is 9.53. The van der Waals surface area contributed by atoms with Gasteiger partial charge in [-0.3, -0.25) is 9.59 Å². The highest BCUT2D eigenvalue weighted by atomic mass is 16.7. The summed E-state index contributed by atoms with van der Waals surface area (Å²) in [7, 11) is 0. The lowest BCUT2D eigenvalue weighted by atomic mass is 9.71. The lowest BCUT2D eigenvalue weighted by Crippen LogP contribution is -2.58. The molecule has 2 aromatic carbocycles. The highest BCUT2D eigenvalue weighted by Crippen LogP contribution is 2.43. The van der Waals surface area contributed by atoms with Crippen molar-refractivity contribution in [3.63, 3.8) is 0 Å². The highest BCUT2D eigenvalue weighted by Gasteiger charge is 2.49. The Bertz CT molecular complexity index is 1240. The van der Waals surface area contributed by atoms with Gasteiger partial charge in [0, 0.05) is 23.1 Å². The van der Waals surface area contributed by atoms with Gasteiger partial charge in [-0.2, -0.15) is 0 Å². The van der Waals surface area contributed by atoms with Gasteiger partial charge >= 0.3 is 0 Å². The quantitative estimate of drug-likeness (QED) is 0.217. The molecule has 36 heavy (non-hydrogen) atoms. The Labute approximate surface area is 204 Å². The molecule has 5 rings (SSSR count). The molecule has 1 saturated heterocycles. The highest BCUT2D eigenvalue weighted by molar-refractivity contribution is 6.30. The van der Waals surface area contributed by atoms with Crippen molar-refractivity contribution in [3.8, 4) is 5.75 Å². The molecule has 0 aromatic heterocycles. The van der Waals surface area contributed by atoms with Gasteiger partial charge in [-0.15, -0.1) is 0 Å². The Morgan fingerprint density at radius 3 is 2.31 bits per heavy atom. The van der Waals surface area contributed by atoms with E-state index in [-0.39, 0.29) is 40.0 Å². The summed E-state index contributed by atoms with van der Waals surface area (Å²) in [5.41, 5.74) is -2.05. The van der Waals surface area contributed by atoms with Crippen LogP contribution in [-0.2, 0) is 11.2 Å². The molecular weight excluding hydrogens is 476 g/mol. The minimum Gasteiger partial charge on any atom is -0.461 e. The molecule has 192 valence electrons. The van der Waals surface area contributed by atoms with E-state index in [0.717, 1.165) is 0 Å². The van der Waals surface area contributed by atoms with Crippen LogP contribution in [0, 0.1) is 0 Å². The van der Waals surface area contributed by atoms with Crippen LogP contribution in [0.3, 0.4) is 0 Å². The molecule has 11 nitrogen and oxygen atoms in total. The van der Waals surface area contributed by atoms with Crippen LogP contribution in [0.25, 0.3) is 0 Å². The van der Waals surface area contributed by atoms with Crippen molar-refractivity contribution >= 4 is 11.6 Å². The van der Waals surface area contributed by atoms with Gasteiger partial charge in [-0.05, 0) is 30.2 Å². The van der Waals surface area contributed by atoms with Gasteiger partial charge in [0.15, 0.2) is 11.6 Å². The zero-order chi connectivity index (χ0) is 26.1. The van der Waals surface area contributed by atoms with Crippen molar-refractivity contribution in [2.24, 2.45) is 0 Å². The van der Waals surface area contributed by atoms with E-state index in [9.17, 15) is 45.3 Å². The number of aliphatic hydroxyl groups excluding tert-OH is 6. The molecule has 3 aliphatic rings. The average Bonchev–Trinajstić information content (AvgIpc) is 2.87. The normalized spacial score (nSPS) is 35.6. The van der Waals surface area contributed by atoms with Crippen molar-refractivity contribution in [2.75, 3.05) is 6.61 Å². The first-order valence-corrected chi connectivity index (χ1v) is 11.4. The third kappa shape index (κ3) is 3.51. The molecule has 2 aromatic rings. The fourth-order valence-electron chi connectivity index (χ4n) is 5.18. The Morgan fingerprint density at radius 1 is 0.944 bits per heavy atom. The topological polar surface area (TPSA) is 194 Å². The molecule has 2 aliphatic carbocycles. The number of rotatable bonds is 3. The summed E-state index contributed by atoms with van der Waals surface area (Å²) in [5, 5.41) is 71.6. The van der Waals surface area contributed by atoms with Crippen molar-refractivity contribution in [1.82, 2.24) is 0 Å². The van der Waals surface area contributed by atoms with Gasteiger partial charge in [0.25, 0.3) is 0 Å². The van der Waals surface area contributed by atoms with Crippen molar-refractivity contribution in [2.45, 2.75) is 61.9 Å². The van der Waals surface area contributed by atoms with E-state index >= 15 is 0 Å². The standard InChI is InChI=1S/C25H26O11/c1-9-17(27)21(31)22(32)24(35-9)36-13-4-2-3-11-15(13)18(28)12-6-5-10-7-25(34,8-26)23(33)20(30)14(10)16(12)19(11)29/h2-6,9,17,20-24,26-27,30-34H,7-8H2,1H3/t9-,17-,20-,21+,22+,23+,24-,25-/m0/s1. The first kappa shape index (κ1) is 24.9. The number of fused-ring (bicyclic) bond motifs is 4. The molecule has 0 unspecified atom stereocenters. The summed E-state index contributed by atoms with van der Waals surface area (Å²) in [6.45, 7) is 0.653. The SMILES string of the molecule is C[C@@H]1O[C@@H](Oc2cccc3c2C(=O)c2ccc4c(c2C3=O)[C@H](O)[C@@H](O)[C@@](O)(CO)C4)[C@H](O)[C@H](O)[C@H]1O. The predicted octanol–water partition coefficient (Wildman–Crippen LogP) is -1.66. The first-order valence-electron chi connectivity index (χ1n) is 11.4. The minimum absolute atomic E-state index is 0.00502. The van der Waals surface area contributed by atoms with E-state index < -0.39 is 66.7 Å². The number of ether oxygens (including phenoxy) is 2. The summed E-state index contributed by atoms with van der Waals surface area (Å²) in [4.78, 5) is 27.2. The number of hydrogen-bond acceptors (Lipinski definition) is 11. The maximum absolute atomic E-state index is 13.6. The lowest BCUT2D eigenvalue weighted by molar-refractivity contribution is -0.268. The molecule has 7 N–H and O–H groups in total. The zero-order valence-electron chi connectivity index (χ0n) is 19.1. The monoisotopic (exact) mass is 502 g/mol. The molecule has 0 bridgehead atoms. The molecule has 0 radical (unpaired) electrons. The van der Waals surface area contributed by atoms with Crippen LogP contribution in [0.2, 0.25) is 0 Å². The summed E-state index contributed by atoms with van der Waals surface area (Å²) in [5.74, 6) is -1.34. The van der Waals surface area contributed by atoms with Crippen LogP contribution in [0.4, 0.5) is 0 Å². The van der Waals surface area contributed by atoms with Gasteiger partial charge in [0.1, 0.15) is 41.9 Å². The number of carbonyl (C=O) groups is 2. The Hall–Kier alpha value is -2.74. The molecular formula is C25H26O11. The van der Waals surface area contributed by atoms with Gasteiger partial charge in [0.05, 0.1) is 18.3 Å². The lowest BCUT2D eigenvalue weighted by Gasteiger charge is -2.41. The van der Waals surface area contributed by atoms with Crippen LogP contribution in [0.5, 0.6) is 5.75 Å². The van der Waals surface area contributed by atoms with Gasteiger partial charge < -0.3 is 45.2 Å². The zero-order valence-corrected chi connectivity index (χ0v) is 19.1. The number of ketones is 2. The van der Waals surface area contributed by atoms with E-state index in [1.807, 2.05) is 0 Å². The molecule has 0 saturated carbocycles. The Morgan fingerprint density at radius 2 is 1.61 bits per heavy atom. The summed E-state index contributed by atoms with van der Waals surface area (Å²) >= 11 is 0. The smallest absolute Gasteiger partial charge is 0.229 e. The molecule has 8 atom stereocenters. The molecule has 1 heterocycles. The van der Waals surface area contributed by atoms with Crippen LogP contribution in [0.15, 0.2) is 30.3 Å². The van der Waals surface area contributed by atoms with E-state index in [1.165, 1.54) is 37.3 Å². The summed E-state index contributed by atoms with van der Waals surface area (Å²) < 4.78 is 11.2. The number of carbonyl (C=O) groups excluding carboxylic acids is 2. The summed E-state index contributed by atoms with van der Waals surface area (Å²) in [6.07, 6.45) is -10.7.